The van der Waals surface area contributed by atoms with Crippen LogP contribution in [0.5, 0.6) is 5.88 Å². The summed E-state index contributed by atoms with van der Waals surface area (Å²) in [4.78, 5) is 28.0. The molecule has 0 bridgehead atoms. The number of nitrogens with zero attached hydrogens (tertiary/aromatic N) is 5. The van der Waals surface area contributed by atoms with E-state index in [1.807, 2.05) is 0 Å². The van der Waals surface area contributed by atoms with Crippen molar-refractivity contribution in [3.8, 4) is 5.88 Å². The van der Waals surface area contributed by atoms with Crippen LogP contribution in [0.2, 0.25) is 0 Å². The van der Waals surface area contributed by atoms with Gasteiger partial charge in [-0.05, 0) is 17.7 Å². The summed E-state index contributed by atoms with van der Waals surface area (Å²) in [6.07, 6.45) is -1.04. The molecule has 1 aliphatic heterocycles. The van der Waals surface area contributed by atoms with Crippen molar-refractivity contribution < 1.29 is 29.6 Å². The van der Waals surface area contributed by atoms with E-state index in [2.05, 4.69) is 25.3 Å². The lowest BCUT2D eigenvalue weighted by Crippen LogP contribution is -2.31. The average Bonchev–Trinajstić information content (AvgIpc) is 3.23. The van der Waals surface area contributed by atoms with Crippen molar-refractivity contribution >= 4 is 23.0 Å². The molecule has 0 aliphatic carbocycles. The molecule has 1 amide bonds. The summed E-state index contributed by atoms with van der Waals surface area (Å²) >= 11 is 0. The lowest BCUT2D eigenvalue weighted by Gasteiger charge is -2.16. The molecule has 12 heteroatoms. The molecule has 1 fully saturated rings. The van der Waals surface area contributed by atoms with Crippen molar-refractivity contribution in [1.82, 2.24) is 24.5 Å². The van der Waals surface area contributed by atoms with E-state index in [1.165, 1.54) is 17.8 Å². The van der Waals surface area contributed by atoms with Crippen LogP contribution in [-0.4, -0.2) is 64.2 Å². The molecule has 0 spiro atoms. The quantitative estimate of drug-likeness (QED) is 0.430. The Morgan fingerprint density at radius 1 is 1.24 bits per heavy atom. The van der Waals surface area contributed by atoms with Gasteiger partial charge in [-0.25, -0.2) is 4.98 Å². The van der Waals surface area contributed by atoms with Gasteiger partial charge in [0.2, 0.25) is 17.7 Å². The van der Waals surface area contributed by atoms with Crippen LogP contribution in [0.25, 0.3) is 11.2 Å². The van der Waals surface area contributed by atoms with Crippen molar-refractivity contribution in [2.75, 3.05) is 5.32 Å². The van der Waals surface area contributed by atoms with Crippen molar-refractivity contribution in [3.63, 3.8) is 0 Å². The number of imidazole rings is 1. The first-order valence-corrected chi connectivity index (χ1v) is 8.67. The van der Waals surface area contributed by atoms with Crippen LogP contribution in [0.3, 0.4) is 0 Å². The Morgan fingerprint density at radius 3 is 2.66 bits per heavy atom. The van der Waals surface area contributed by atoms with Crippen LogP contribution < -0.4 is 10.1 Å². The van der Waals surface area contributed by atoms with Gasteiger partial charge in [0.05, 0.1) is 6.33 Å². The summed E-state index contributed by atoms with van der Waals surface area (Å²) in [7, 11) is 0. The molecule has 0 aromatic carbocycles. The molecular formula is C17H18N6O6. The van der Waals surface area contributed by atoms with Gasteiger partial charge in [0.1, 0.15) is 18.8 Å². The van der Waals surface area contributed by atoms with Crippen LogP contribution in [0.4, 0.5) is 5.95 Å². The lowest BCUT2D eigenvalue weighted by atomic mass is 10.2. The molecule has 1 aliphatic rings. The zero-order chi connectivity index (χ0) is 20.5. The molecule has 3 aromatic rings. The molecule has 3 aromatic heterocycles. The van der Waals surface area contributed by atoms with Gasteiger partial charge >= 0.3 is 0 Å². The van der Waals surface area contributed by atoms with E-state index >= 15 is 0 Å². The number of hydrogen-bond acceptors (Lipinski definition) is 10. The average molecular weight is 402 g/mol. The largest absolute Gasteiger partial charge is 0.471 e. The minimum atomic E-state index is -1.56. The number of amides is 1. The third-order valence-electron chi connectivity index (χ3n) is 4.29. The molecule has 152 valence electrons. The number of rotatable bonds is 5. The van der Waals surface area contributed by atoms with Gasteiger partial charge in [0.15, 0.2) is 23.7 Å². The monoisotopic (exact) mass is 402 g/mol. The second-order valence-corrected chi connectivity index (χ2v) is 6.40. The fraction of sp³-hybridized carbons (Fsp3) is 0.353. The van der Waals surface area contributed by atoms with E-state index in [9.17, 15) is 20.1 Å². The molecule has 0 unspecified atom stereocenters. The highest BCUT2D eigenvalue weighted by molar-refractivity contribution is 5.88. The number of fused-ring (bicyclic) bond motifs is 1. The Bertz CT molecular complexity index is 1030. The summed E-state index contributed by atoms with van der Waals surface area (Å²) in [5.74, 6) is -0.327. The van der Waals surface area contributed by atoms with Crippen LogP contribution >= 0.6 is 0 Å². The van der Waals surface area contributed by atoms with Crippen LogP contribution in [0.15, 0.2) is 30.9 Å². The second-order valence-electron chi connectivity index (χ2n) is 6.40. The highest BCUT2D eigenvalue weighted by Crippen LogP contribution is 2.32. The first kappa shape index (κ1) is 19.1. The number of ether oxygens (including phenoxy) is 2. The van der Waals surface area contributed by atoms with E-state index in [1.54, 1.807) is 24.5 Å². The molecule has 12 nitrogen and oxygen atoms in total. The number of aromatic nitrogens is 5. The maximum atomic E-state index is 11.5. The van der Waals surface area contributed by atoms with Gasteiger partial charge in [0, 0.05) is 19.3 Å². The van der Waals surface area contributed by atoms with E-state index in [4.69, 9.17) is 9.47 Å². The SMILES string of the molecule is CC(=O)Nc1nc(OCc2ccncc2)c2ncn([C@@H]3O[C@H](O)[C@@H](O)[C@H]3O)c2n1. The fourth-order valence-corrected chi connectivity index (χ4v) is 2.89. The maximum absolute atomic E-state index is 11.5. The summed E-state index contributed by atoms with van der Waals surface area (Å²) in [5.41, 5.74) is 1.27. The highest BCUT2D eigenvalue weighted by atomic mass is 16.7. The van der Waals surface area contributed by atoms with E-state index in [0.717, 1.165) is 5.56 Å². The Hall–Kier alpha value is -3.19. The topological polar surface area (TPSA) is 165 Å². The van der Waals surface area contributed by atoms with Gasteiger partial charge in [-0.2, -0.15) is 9.97 Å². The number of anilines is 1. The Balaban J connectivity index is 1.73. The molecule has 4 heterocycles. The molecule has 4 rings (SSSR count). The summed E-state index contributed by atoms with van der Waals surface area (Å²) in [5, 5.41) is 32.1. The van der Waals surface area contributed by atoms with E-state index in [0.29, 0.717) is 0 Å². The second kappa shape index (κ2) is 7.67. The maximum Gasteiger partial charge on any atom is 0.247 e. The molecular weight excluding hydrogens is 384 g/mol. The summed E-state index contributed by atoms with van der Waals surface area (Å²) in [6, 6.07) is 3.55. The molecule has 0 radical (unpaired) electrons. The summed E-state index contributed by atoms with van der Waals surface area (Å²) in [6.45, 7) is 1.47. The van der Waals surface area contributed by atoms with Crippen LogP contribution in [0, 0.1) is 0 Å². The van der Waals surface area contributed by atoms with Gasteiger partial charge in [-0.15, -0.1) is 0 Å². The van der Waals surface area contributed by atoms with E-state index < -0.39 is 30.6 Å². The van der Waals surface area contributed by atoms with Gasteiger partial charge in [0.25, 0.3) is 0 Å². The normalized spacial score (nSPS) is 24.0. The highest BCUT2D eigenvalue weighted by Gasteiger charge is 2.43. The first-order valence-electron chi connectivity index (χ1n) is 8.67. The predicted molar refractivity (Wildman–Crippen MR) is 96.3 cm³/mol. The minimum Gasteiger partial charge on any atom is -0.471 e. The Morgan fingerprint density at radius 2 is 2.00 bits per heavy atom. The predicted octanol–water partition coefficient (Wildman–Crippen LogP) is -0.672. The number of pyridine rings is 1. The number of aliphatic hydroxyl groups excluding tert-OH is 3. The molecule has 0 saturated carbocycles. The zero-order valence-electron chi connectivity index (χ0n) is 15.2. The van der Waals surface area contributed by atoms with Crippen LogP contribution in [-0.2, 0) is 16.1 Å². The number of hydrogen-bond donors (Lipinski definition) is 4. The first-order chi connectivity index (χ1) is 13.9. The Labute approximate surface area is 163 Å². The van der Waals surface area contributed by atoms with Crippen molar-refractivity contribution in [1.29, 1.82) is 0 Å². The van der Waals surface area contributed by atoms with Gasteiger partial charge in [-0.1, -0.05) is 0 Å². The Kier molecular flexibility index (Phi) is 5.07. The molecule has 1 saturated heterocycles. The third kappa shape index (κ3) is 3.73. The zero-order valence-corrected chi connectivity index (χ0v) is 15.2. The molecule has 29 heavy (non-hydrogen) atoms. The molecule has 4 atom stereocenters. The lowest BCUT2D eigenvalue weighted by molar-refractivity contribution is -0.141. The number of nitrogens with one attached hydrogen (secondary N) is 1. The third-order valence-corrected chi connectivity index (χ3v) is 4.29. The van der Waals surface area contributed by atoms with Crippen molar-refractivity contribution in [2.24, 2.45) is 0 Å². The van der Waals surface area contributed by atoms with E-state index in [-0.39, 0.29) is 29.6 Å². The van der Waals surface area contributed by atoms with Gasteiger partial charge < -0.3 is 24.8 Å². The number of aliphatic hydroxyl groups is 3. The standard InChI is InChI=1S/C17H18N6O6/c1-8(24)20-17-21-13-10(14(22-17)28-6-9-2-4-18-5-3-9)19-7-23(13)15-11(25)12(26)16(27)29-15/h2-5,7,11-12,15-16,25-27H,6H2,1H3,(H,20,21,22,24)/t11-,12+,15-,16+/m1/s1. The number of carbonyl (C=O) groups excluding carboxylic acids is 1. The fourth-order valence-electron chi connectivity index (χ4n) is 2.89. The van der Waals surface area contributed by atoms with Crippen LogP contribution in [0.1, 0.15) is 18.7 Å². The smallest absolute Gasteiger partial charge is 0.247 e. The molecule has 4 N–H and O–H groups in total. The van der Waals surface area contributed by atoms with Crippen molar-refractivity contribution in [3.05, 3.63) is 36.4 Å². The van der Waals surface area contributed by atoms with Crippen molar-refractivity contribution in [2.45, 2.75) is 38.3 Å². The summed E-state index contributed by atoms with van der Waals surface area (Å²) < 4.78 is 12.3. The minimum absolute atomic E-state index is 0.0370. The number of carbonyl (C=O) groups is 1. The van der Waals surface area contributed by atoms with Gasteiger partial charge in [-0.3, -0.25) is 19.7 Å².